The SMILES string of the molecule is O=[N+]([O-])c1ccc(NC[C@H](O)c2ccccc2)c(C(F)(F)F)c1. The fourth-order valence-corrected chi connectivity index (χ4v) is 2.03. The monoisotopic (exact) mass is 326 g/mol. The molecule has 2 aromatic carbocycles. The minimum Gasteiger partial charge on any atom is -0.387 e. The maximum atomic E-state index is 13.0. The van der Waals surface area contributed by atoms with Crippen LogP contribution in [0, 0.1) is 10.1 Å². The maximum absolute atomic E-state index is 13.0. The summed E-state index contributed by atoms with van der Waals surface area (Å²) in [6.45, 7) is -0.162. The van der Waals surface area contributed by atoms with Crippen LogP contribution < -0.4 is 5.32 Å². The number of non-ortho nitro benzene ring substituents is 1. The van der Waals surface area contributed by atoms with Crippen molar-refractivity contribution in [1.82, 2.24) is 0 Å². The summed E-state index contributed by atoms with van der Waals surface area (Å²) in [5.41, 5.74) is -1.56. The van der Waals surface area contributed by atoms with E-state index in [0.29, 0.717) is 11.6 Å². The lowest BCUT2D eigenvalue weighted by molar-refractivity contribution is -0.385. The van der Waals surface area contributed by atoms with Crippen molar-refractivity contribution in [3.63, 3.8) is 0 Å². The van der Waals surface area contributed by atoms with Gasteiger partial charge in [-0.15, -0.1) is 0 Å². The summed E-state index contributed by atoms with van der Waals surface area (Å²) in [6, 6.07) is 10.9. The van der Waals surface area contributed by atoms with Crippen LogP contribution in [0.2, 0.25) is 0 Å². The molecule has 0 aliphatic rings. The van der Waals surface area contributed by atoms with Gasteiger partial charge < -0.3 is 10.4 Å². The number of nitrogens with one attached hydrogen (secondary N) is 1. The fraction of sp³-hybridized carbons (Fsp3) is 0.200. The zero-order valence-electron chi connectivity index (χ0n) is 11.7. The summed E-state index contributed by atoms with van der Waals surface area (Å²) in [7, 11) is 0. The third-order valence-electron chi connectivity index (χ3n) is 3.19. The first kappa shape index (κ1) is 16.8. The quantitative estimate of drug-likeness (QED) is 0.648. The van der Waals surface area contributed by atoms with E-state index < -0.39 is 28.5 Å². The van der Waals surface area contributed by atoms with Gasteiger partial charge in [-0.3, -0.25) is 10.1 Å². The number of anilines is 1. The lowest BCUT2D eigenvalue weighted by Crippen LogP contribution is -2.16. The Hall–Kier alpha value is -2.61. The molecule has 5 nitrogen and oxygen atoms in total. The van der Waals surface area contributed by atoms with Gasteiger partial charge in [0.1, 0.15) is 0 Å². The van der Waals surface area contributed by atoms with Crippen molar-refractivity contribution in [3.05, 3.63) is 69.8 Å². The van der Waals surface area contributed by atoms with Crippen molar-refractivity contribution in [2.45, 2.75) is 12.3 Å². The van der Waals surface area contributed by atoms with Gasteiger partial charge in [-0.25, -0.2) is 0 Å². The van der Waals surface area contributed by atoms with Crippen LogP contribution in [0.15, 0.2) is 48.5 Å². The largest absolute Gasteiger partial charge is 0.418 e. The number of rotatable bonds is 5. The molecule has 0 aliphatic carbocycles. The third kappa shape index (κ3) is 4.19. The molecule has 2 aromatic rings. The molecule has 0 saturated carbocycles. The van der Waals surface area contributed by atoms with E-state index in [1.807, 2.05) is 0 Å². The molecular weight excluding hydrogens is 313 g/mol. The molecule has 2 N–H and O–H groups in total. The van der Waals surface area contributed by atoms with Gasteiger partial charge in [-0.1, -0.05) is 30.3 Å². The summed E-state index contributed by atoms with van der Waals surface area (Å²) >= 11 is 0. The Bertz CT molecular complexity index is 690. The average Bonchev–Trinajstić information content (AvgIpc) is 2.52. The summed E-state index contributed by atoms with van der Waals surface area (Å²) in [4.78, 5) is 9.73. The molecule has 0 amide bonds. The van der Waals surface area contributed by atoms with E-state index in [-0.39, 0.29) is 12.2 Å². The maximum Gasteiger partial charge on any atom is 0.418 e. The van der Waals surface area contributed by atoms with Crippen molar-refractivity contribution in [1.29, 1.82) is 0 Å². The molecule has 8 heteroatoms. The highest BCUT2D eigenvalue weighted by atomic mass is 19.4. The second-order valence-corrected chi connectivity index (χ2v) is 4.79. The third-order valence-corrected chi connectivity index (χ3v) is 3.19. The molecule has 0 bridgehead atoms. The van der Waals surface area contributed by atoms with Gasteiger partial charge in [0, 0.05) is 24.4 Å². The van der Waals surface area contributed by atoms with Gasteiger partial charge in [0.25, 0.3) is 5.69 Å². The molecule has 0 saturated heterocycles. The minimum atomic E-state index is -4.74. The molecule has 23 heavy (non-hydrogen) atoms. The summed E-state index contributed by atoms with van der Waals surface area (Å²) in [6.07, 6.45) is -5.75. The molecule has 0 heterocycles. The molecule has 1 atom stereocenters. The van der Waals surface area contributed by atoms with Gasteiger partial charge in [0.15, 0.2) is 0 Å². The van der Waals surface area contributed by atoms with Crippen molar-refractivity contribution in [2.75, 3.05) is 11.9 Å². The second kappa shape index (κ2) is 6.66. The summed E-state index contributed by atoms with van der Waals surface area (Å²) in [5.74, 6) is 0. The Kier molecular flexibility index (Phi) is 4.85. The van der Waals surface area contributed by atoms with Crippen LogP contribution in [0.25, 0.3) is 0 Å². The number of nitro benzene ring substituents is 1. The van der Waals surface area contributed by atoms with E-state index in [0.717, 1.165) is 12.1 Å². The zero-order valence-corrected chi connectivity index (χ0v) is 11.7. The Morgan fingerprint density at radius 1 is 1.17 bits per heavy atom. The molecule has 2 rings (SSSR count). The molecule has 0 unspecified atom stereocenters. The number of aliphatic hydroxyl groups is 1. The van der Waals surface area contributed by atoms with Crippen LogP contribution >= 0.6 is 0 Å². The van der Waals surface area contributed by atoms with Crippen LogP contribution in [-0.4, -0.2) is 16.6 Å². The van der Waals surface area contributed by atoms with Crippen LogP contribution in [0.3, 0.4) is 0 Å². The van der Waals surface area contributed by atoms with Crippen molar-refractivity contribution in [3.8, 4) is 0 Å². The molecule has 0 spiro atoms. The highest BCUT2D eigenvalue weighted by molar-refractivity contribution is 5.57. The first-order valence-electron chi connectivity index (χ1n) is 6.61. The molecule has 0 aliphatic heterocycles. The summed E-state index contributed by atoms with van der Waals surface area (Å²) in [5, 5.41) is 23.1. The molecule has 0 radical (unpaired) electrons. The lowest BCUT2D eigenvalue weighted by Gasteiger charge is -2.17. The topological polar surface area (TPSA) is 75.4 Å². The predicted octanol–water partition coefficient (Wildman–Crippen LogP) is 3.76. The highest BCUT2D eigenvalue weighted by Gasteiger charge is 2.35. The van der Waals surface area contributed by atoms with E-state index in [4.69, 9.17) is 0 Å². The van der Waals surface area contributed by atoms with Crippen molar-refractivity contribution < 1.29 is 23.2 Å². The van der Waals surface area contributed by atoms with Crippen molar-refractivity contribution >= 4 is 11.4 Å². The van der Waals surface area contributed by atoms with Crippen LogP contribution in [-0.2, 0) is 6.18 Å². The number of benzene rings is 2. The Morgan fingerprint density at radius 2 is 1.83 bits per heavy atom. The van der Waals surface area contributed by atoms with Crippen LogP contribution in [0.4, 0.5) is 24.5 Å². The average molecular weight is 326 g/mol. The van der Waals surface area contributed by atoms with E-state index in [9.17, 15) is 28.4 Å². The van der Waals surface area contributed by atoms with E-state index in [2.05, 4.69) is 5.32 Å². The number of alkyl halides is 3. The Morgan fingerprint density at radius 3 is 2.39 bits per heavy atom. The van der Waals surface area contributed by atoms with E-state index in [1.165, 1.54) is 0 Å². The fourth-order valence-electron chi connectivity index (χ4n) is 2.03. The van der Waals surface area contributed by atoms with Crippen LogP contribution in [0.5, 0.6) is 0 Å². The number of nitrogens with zero attached hydrogens (tertiary/aromatic N) is 1. The van der Waals surface area contributed by atoms with Crippen molar-refractivity contribution in [2.24, 2.45) is 0 Å². The minimum absolute atomic E-state index is 0.162. The smallest absolute Gasteiger partial charge is 0.387 e. The summed E-state index contributed by atoms with van der Waals surface area (Å²) < 4.78 is 39.0. The molecular formula is C15H13F3N2O3. The number of nitro groups is 1. The van der Waals surface area contributed by atoms with Crippen LogP contribution in [0.1, 0.15) is 17.2 Å². The molecule has 122 valence electrons. The number of aliphatic hydroxyl groups excluding tert-OH is 1. The van der Waals surface area contributed by atoms with Gasteiger partial charge in [0.05, 0.1) is 16.6 Å². The van der Waals surface area contributed by atoms with Gasteiger partial charge in [0.2, 0.25) is 0 Å². The molecule has 0 aromatic heterocycles. The number of hydrogen-bond donors (Lipinski definition) is 2. The number of halogens is 3. The molecule has 0 fully saturated rings. The van der Waals surface area contributed by atoms with Gasteiger partial charge >= 0.3 is 6.18 Å². The van der Waals surface area contributed by atoms with Gasteiger partial charge in [-0.05, 0) is 11.6 Å². The Labute approximate surface area is 129 Å². The van der Waals surface area contributed by atoms with Gasteiger partial charge in [-0.2, -0.15) is 13.2 Å². The normalized spacial score (nSPS) is 12.7. The first-order chi connectivity index (χ1) is 10.8. The number of hydrogen-bond acceptors (Lipinski definition) is 4. The zero-order chi connectivity index (χ0) is 17.0. The standard InChI is InChI=1S/C15H13F3N2O3/c16-15(17,18)12-8-11(20(22)23)6-7-13(12)19-9-14(21)10-4-2-1-3-5-10/h1-8,14,19,21H,9H2/t14-/m0/s1. The lowest BCUT2D eigenvalue weighted by atomic mass is 10.1. The van der Waals surface area contributed by atoms with E-state index in [1.54, 1.807) is 30.3 Å². The highest BCUT2D eigenvalue weighted by Crippen LogP contribution is 2.37. The predicted molar refractivity (Wildman–Crippen MR) is 78.0 cm³/mol. The second-order valence-electron chi connectivity index (χ2n) is 4.79. The first-order valence-corrected chi connectivity index (χ1v) is 6.61. The van der Waals surface area contributed by atoms with E-state index >= 15 is 0 Å². The Balaban J connectivity index is 2.21.